The van der Waals surface area contributed by atoms with Crippen molar-refractivity contribution in [2.75, 3.05) is 38.5 Å². The first-order valence-electron chi connectivity index (χ1n) is 15.7. The summed E-state index contributed by atoms with van der Waals surface area (Å²) < 4.78 is 59.6. The van der Waals surface area contributed by atoms with Gasteiger partial charge in [-0.3, -0.25) is 14.4 Å². The molecular formula is C31H42F3N7O6S2. The van der Waals surface area contributed by atoms with Crippen molar-refractivity contribution in [2.45, 2.75) is 71.1 Å². The molecule has 1 aliphatic carbocycles. The molecule has 4 N–H and O–H groups in total. The number of carbonyl (C=O) groups excluding carboxylic acids is 1. The molecule has 0 radical (unpaired) electrons. The topological polar surface area (TPSA) is 178 Å². The van der Waals surface area contributed by atoms with Gasteiger partial charge < -0.3 is 15.5 Å². The van der Waals surface area contributed by atoms with Crippen LogP contribution in [0, 0.1) is 11.3 Å². The molecule has 0 spiro atoms. The molecule has 3 aromatic rings. The maximum atomic E-state index is 13.5. The number of nitrogens with zero attached hydrogens (tertiary/aromatic N) is 5. The van der Waals surface area contributed by atoms with Gasteiger partial charge in [-0.15, -0.1) is 0 Å². The number of rotatable bonds is 10. The standard InChI is InChI=1S/C29H41N7O4S2.C2HF3O2/c1-29(2,3)20-7-8-22-19(14-20)15-24-27(32-22)41-28(33-24)26(38)31-23(11-13-36-12-10-21(36)17-37)18-6-9-25(30-16-18)34-42(39,40)35(4)5;3-2(4,5)1(6)7/h6,9,15-16,20-21,23,37H,7-8,10-14,17H2,1-5H3,(H,30,34)(H,31,38);(H,6,7)/t20-,21-,23+;/m0./s1. The number of anilines is 1. The highest BCUT2D eigenvalue weighted by Crippen LogP contribution is 2.38. The van der Waals surface area contributed by atoms with Gasteiger partial charge in [0.1, 0.15) is 16.2 Å². The average Bonchev–Trinajstić information content (AvgIpc) is 3.41. The van der Waals surface area contributed by atoms with Crippen LogP contribution in [0.3, 0.4) is 0 Å². The normalized spacial score (nSPS) is 19.0. The number of likely N-dealkylation sites (tertiary alicyclic amines) is 1. The smallest absolute Gasteiger partial charge is 0.475 e. The number of amides is 1. The van der Waals surface area contributed by atoms with Gasteiger partial charge >= 0.3 is 22.4 Å². The Kier molecular flexibility index (Phi) is 11.9. The van der Waals surface area contributed by atoms with Crippen molar-refractivity contribution in [3.8, 4) is 0 Å². The van der Waals surface area contributed by atoms with Gasteiger partial charge in [-0.1, -0.05) is 38.2 Å². The molecule has 13 nitrogen and oxygen atoms in total. The molecule has 1 fully saturated rings. The molecule has 270 valence electrons. The molecule has 1 amide bonds. The Bertz CT molecular complexity index is 1740. The molecule has 3 atom stereocenters. The zero-order valence-corrected chi connectivity index (χ0v) is 29.5. The summed E-state index contributed by atoms with van der Waals surface area (Å²) in [5.41, 5.74) is 4.07. The number of aryl methyl sites for hydroxylation is 1. The molecule has 49 heavy (non-hydrogen) atoms. The van der Waals surface area contributed by atoms with Gasteiger partial charge in [-0.25, -0.2) is 19.7 Å². The lowest BCUT2D eigenvalue weighted by atomic mass is 9.71. The quantitative estimate of drug-likeness (QED) is 0.238. The summed E-state index contributed by atoms with van der Waals surface area (Å²) in [5.74, 6) is -2.27. The van der Waals surface area contributed by atoms with Crippen LogP contribution in [-0.4, -0.2) is 101 Å². The number of aliphatic carboxylic acids is 1. The fourth-order valence-corrected chi connectivity index (χ4v) is 6.99. The maximum absolute atomic E-state index is 13.5. The van der Waals surface area contributed by atoms with Crippen molar-refractivity contribution in [3.63, 3.8) is 0 Å². The van der Waals surface area contributed by atoms with E-state index in [1.54, 1.807) is 18.3 Å². The van der Waals surface area contributed by atoms with Gasteiger partial charge in [-0.05, 0) is 66.7 Å². The zero-order valence-electron chi connectivity index (χ0n) is 27.9. The second kappa shape index (κ2) is 15.2. The average molecular weight is 730 g/mol. The number of hydrogen-bond acceptors (Lipinski definition) is 10. The van der Waals surface area contributed by atoms with Crippen molar-refractivity contribution >= 4 is 49.6 Å². The summed E-state index contributed by atoms with van der Waals surface area (Å²) >= 11 is 1.30. The fraction of sp³-hybridized carbons (Fsp3) is 0.581. The number of thiazole rings is 1. The van der Waals surface area contributed by atoms with E-state index in [2.05, 4.69) is 51.7 Å². The summed E-state index contributed by atoms with van der Waals surface area (Å²) in [7, 11) is -0.812. The van der Waals surface area contributed by atoms with E-state index in [9.17, 15) is 31.5 Å². The Morgan fingerprint density at radius 1 is 1.16 bits per heavy atom. The molecule has 1 aliphatic heterocycles. The van der Waals surface area contributed by atoms with E-state index in [1.165, 1.54) is 31.0 Å². The Morgan fingerprint density at radius 2 is 1.86 bits per heavy atom. The highest BCUT2D eigenvalue weighted by atomic mass is 32.2. The zero-order chi connectivity index (χ0) is 36.3. The van der Waals surface area contributed by atoms with Crippen molar-refractivity contribution in [1.29, 1.82) is 0 Å². The number of nitrogens with one attached hydrogen (secondary N) is 2. The van der Waals surface area contributed by atoms with Crippen molar-refractivity contribution in [1.82, 2.24) is 29.5 Å². The Labute approximate surface area is 287 Å². The van der Waals surface area contributed by atoms with Gasteiger partial charge in [0.25, 0.3) is 5.91 Å². The first-order valence-corrected chi connectivity index (χ1v) is 18.0. The van der Waals surface area contributed by atoms with E-state index in [-0.39, 0.29) is 35.8 Å². The van der Waals surface area contributed by atoms with E-state index in [0.29, 0.717) is 23.9 Å². The van der Waals surface area contributed by atoms with Gasteiger partial charge in [-0.2, -0.15) is 25.9 Å². The number of aromatic nitrogens is 3. The molecule has 2 aliphatic rings. The molecule has 0 aromatic carbocycles. The van der Waals surface area contributed by atoms with E-state index in [1.807, 2.05) is 0 Å². The predicted octanol–water partition coefficient (Wildman–Crippen LogP) is 4.02. The van der Waals surface area contributed by atoms with Gasteiger partial charge in [0.15, 0.2) is 5.01 Å². The number of hydrogen-bond donors (Lipinski definition) is 4. The van der Waals surface area contributed by atoms with Gasteiger partial charge in [0, 0.05) is 45.1 Å². The predicted molar refractivity (Wildman–Crippen MR) is 178 cm³/mol. The van der Waals surface area contributed by atoms with Gasteiger partial charge in [0.05, 0.1) is 12.6 Å². The number of aliphatic hydroxyl groups excluding tert-OH is 1. The minimum atomic E-state index is -5.08. The van der Waals surface area contributed by atoms with Crippen LogP contribution < -0.4 is 10.0 Å². The van der Waals surface area contributed by atoms with E-state index >= 15 is 0 Å². The van der Waals surface area contributed by atoms with Crippen molar-refractivity contribution < 1.29 is 41.4 Å². The minimum absolute atomic E-state index is 0.110. The first kappa shape index (κ1) is 38.4. The molecule has 4 heterocycles. The van der Waals surface area contributed by atoms with Crippen LogP contribution >= 0.6 is 11.3 Å². The second-order valence-electron chi connectivity index (χ2n) is 13.4. The van der Waals surface area contributed by atoms with E-state index < -0.39 is 22.4 Å². The lowest BCUT2D eigenvalue weighted by Crippen LogP contribution is -2.50. The van der Waals surface area contributed by atoms with Crippen LogP contribution in [0.4, 0.5) is 19.0 Å². The van der Waals surface area contributed by atoms with Crippen LogP contribution in [0.1, 0.15) is 72.7 Å². The van der Waals surface area contributed by atoms with E-state index in [4.69, 9.17) is 14.9 Å². The molecule has 0 saturated carbocycles. The second-order valence-corrected chi connectivity index (χ2v) is 16.3. The summed E-state index contributed by atoms with van der Waals surface area (Å²) in [6, 6.07) is 5.22. The largest absolute Gasteiger partial charge is 0.490 e. The lowest BCUT2D eigenvalue weighted by Gasteiger charge is -2.40. The maximum Gasteiger partial charge on any atom is 0.490 e. The summed E-state index contributed by atoms with van der Waals surface area (Å²) in [6.45, 7) is 8.56. The number of aliphatic hydroxyl groups is 1. The number of fused-ring (bicyclic) bond motifs is 2. The molecule has 3 aromatic heterocycles. The number of halogens is 3. The monoisotopic (exact) mass is 729 g/mol. The van der Waals surface area contributed by atoms with E-state index in [0.717, 1.165) is 58.1 Å². The number of carbonyl (C=O) groups is 2. The first-order chi connectivity index (χ1) is 22.8. The number of pyridine rings is 2. The number of carboxylic acid groups (broad SMARTS) is 1. The molecule has 18 heteroatoms. The molecule has 0 unspecified atom stereocenters. The van der Waals surface area contributed by atoms with Crippen molar-refractivity contribution in [3.05, 3.63) is 46.2 Å². The lowest BCUT2D eigenvalue weighted by molar-refractivity contribution is -0.192. The third-order valence-electron chi connectivity index (χ3n) is 8.80. The third kappa shape index (κ3) is 9.84. The van der Waals surface area contributed by atoms with Crippen LogP contribution in [-0.2, 0) is 27.8 Å². The minimum Gasteiger partial charge on any atom is -0.475 e. The summed E-state index contributed by atoms with van der Waals surface area (Å²) in [4.78, 5) is 39.3. The molecule has 0 bridgehead atoms. The Morgan fingerprint density at radius 3 is 2.39 bits per heavy atom. The summed E-state index contributed by atoms with van der Waals surface area (Å²) in [5, 5.41) is 20.2. The van der Waals surface area contributed by atoms with Crippen LogP contribution in [0.15, 0.2) is 24.4 Å². The molecular weight excluding hydrogens is 688 g/mol. The van der Waals surface area contributed by atoms with Gasteiger partial charge in [0.2, 0.25) is 0 Å². The number of carboxylic acids is 1. The van der Waals surface area contributed by atoms with Crippen LogP contribution in [0.5, 0.6) is 0 Å². The highest BCUT2D eigenvalue weighted by molar-refractivity contribution is 7.90. The SMILES string of the molecule is CN(C)S(=O)(=O)Nc1ccc([C@@H](CCN2CC[C@H]2CO)NC(=O)c2nc3cc4c(nc3s2)CC[C@H](C(C)(C)C)C4)cn1.O=C(O)C(F)(F)F. The highest BCUT2D eigenvalue weighted by Gasteiger charge is 2.38. The third-order valence-corrected chi connectivity index (χ3v) is 11.2. The number of alkyl halides is 3. The van der Waals surface area contributed by atoms with Crippen LogP contribution in [0.25, 0.3) is 10.3 Å². The van der Waals surface area contributed by atoms with Crippen molar-refractivity contribution in [2.24, 2.45) is 11.3 Å². The van der Waals surface area contributed by atoms with Crippen LogP contribution in [0.2, 0.25) is 0 Å². The summed E-state index contributed by atoms with van der Waals surface area (Å²) in [6.07, 6.45) is 1.07. The Hall–Kier alpha value is -3.45. The molecule has 1 saturated heterocycles. The Balaban J connectivity index is 0.000000698. The molecule has 5 rings (SSSR count). The fourth-order valence-electron chi connectivity index (χ4n) is 5.58.